The lowest BCUT2D eigenvalue weighted by Crippen LogP contribution is -2.50. The standard InChI is InChI=1S/C16H17ClN2O3/c1-9-10-5-4-6-11(17)14(10)22-13(9)16(21)19-8-3-2-7-12(19)15(18)20/h4-6,12H,2-3,7-8H2,1H3,(H2,18,20)/t12-/m0/s1. The number of rotatable bonds is 2. The number of nitrogens with two attached hydrogens (primary N) is 1. The van der Waals surface area contributed by atoms with Crippen molar-refractivity contribution in [2.45, 2.75) is 32.2 Å². The highest BCUT2D eigenvalue weighted by Gasteiger charge is 2.33. The number of furan rings is 1. The molecule has 1 atom stereocenters. The van der Waals surface area contributed by atoms with Crippen LogP contribution in [-0.2, 0) is 4.79 Å². The van der Waals surface area contributed by atoms with Crippen molar-refractivity contribution in [3.05, 3.63) is 34.5 Å². The van der Waals surface area contributed by atoms with E-state index in [1.54, 1.807) is 6.07 Å². The number of hydrogen-bond donors (Lipinski definition) is 1. The molecular weight excluding hydrogens is 304 g/mol. The van der Waals surface area contributed by atoms with Crippen molar-refractivity contribution in [3.63, 3.8) is 0 Å². The first kappa shape index (κ1) is 14.9. The number of piperidine rings is 1. The molecule has 1 aliphatic heterocycles. The Balaban J connectivity index is 2.03. The minimum Gasteiger partial charge on any atom is -0.449 e. The molecule has 0 spiro atoms. The molecule has 116 valence electrons. The van der Waals surface area contributed by atoms with Gasteiger partial charge in [0.05, 0.1) is 5.02 Å². The lowest BCUT2D eigenvalue weighted by Gasteiger charge is -2.33. The second-order valence-electron chi connectivity index (χ2n) is 5.59. The number of amides is 2. The van der Waals surface area contributed by atoms with E-state index in [2.05, 4.69) is 0 Å². The van der Waals surface area contributed by atoms with Gasteiger partial charge in [-0.25, -0.2) is 0 Å². The Morgan fingerprint density at radius 1 is 1.36 bits per heavy atom. The summed E-state index contributed by atoms with van der Waals surface area (Å²) in [5.74, 6) is -0.538. The zero-order valence-corrected chi connectivity index (χ0v) is 13.0. The van der Waals surface area contributed by atoms with Crippen LogP contribution < -0.4 is 5.73 Å². The molecule has 1 fully saturated rings. The van der Waals surface area contributed by atoms with Crippen molar-refractivity contribution in [1.82, 2.24) is 4.90 Å². The van der Waals surface area contributed by atoms with E-state index in [1.807, 2.05) is 19.1 Å². The maximum absolute atomic E-state index is 12.8. The van der Waals surface area contributed by atoms with Gasteiger partial charge in [0.2, 0.25) is 5.91 Å². The topological polar surface area (TPSA) is 76.5 Å². The highest BCUT2D eigenvalue weighted by molar-refractivity contribution is 6.35. The van der Waals surface area contributed by atoms with E-state index in [-0.39, 0.29) is 11.7 Å². The molecule has 0 unspecified atom stereocenters. The van der Waals surface area contributed by atoms with E-state index in [4.69, 9.17) is 21.8 Å². The fourth-order valence-corrected chi connectivity index (χ4v) is 3.23. The summed E-state index contributed by atoms with van der Waals surface area (Å²) in [4.78, 5) is 25.9. The van der Waals surface area contributed by atoms with Crippen LogP contribution in [-0.4, -0.2) is 29.3 Å². The second-order valence-corrected chi connectivity index (χ2v) is 5.99. The van der Waals surface area contributed by atoms with Crippen molar-refractivity contribution in [3.8, 4) is 0 Å². The first-order valence-electron chi connectivity index (χ1n) is 7.28. The Labute approximate surface area is 133 Å². The third-order valence-corrected chi connectivity index (χ3v) is 4.50. The average Bonchev–Trinajstić information content (AvgIpc) is 2.85. The van der Waals surface area contributed by atoms with Crippen LogP contribution in [0.1, 0.15) is 35.4 Å². The number of fused-ring (bicyclic) bond motifs is 1. The molecule has 1 aliphatic rings. The van der Waals surface area contributed by atoms with E-state index in [0.29, 0.717) is 23.6 Å². The van der Waals surface area contributed by atoms with Crippen LogP contribution in [0.2, 0.25) is 5.02 Å². The summed E-state index contributed by atoms with van der Waals surface area (Å²) in [6.45, 7) is 2.33. The predicted molar refractivity (Wildman–Crippen MR) is 83.8 cm³/mol. The fraction of sp³-hybridized carbons (Fsp3) is 0.375. The number of benzene rings is 1. The number of likely N-dealkylation sites (tertiary alicyclic amines) is 1. The van der Waals surface area contributed by atoms with Crippen molar-refractivity contribution in [2.24, 2.45) is 5.73 Å². The third kappa shape index (κ3) is 2.35. The molecule has 22 heavy (non-hydrogen) atoms. The lowest BCUT2D eigenvalue weighted by atomic mass is 10.0. The van der Waals surface area contributed by atoms with Gasteiger partial charge in [0.1, 0.15) is 6.04 Å². The van der Waals surface area contributed by atoms with Gasteiger partial charge in [0.25, 0.3) is 5.91 Å². The minimum atomic E-state index is -0.565. The highest BCUT2D eigenvalue weighted by Crippen LogP contribution is 2.32. The third-order valence-electron chi connectivity index (χ3n) is 4.20. The number of carbonyl (C=O) groups excluding carboxylic acids is 2. The molecule has 2 heterocycles. The molecule has 2 aromatic rings. The van der Waals surface area contributed by atoms with E-state index < -0.39 is 11.9 Å². The Hall–Kier alpha value is -2.01. The molecule has 0 saturated carbocycles. The maximum atomic E-state index is 12.8. The van der Waals surface area contributed by atoms with Crippen LogP contribution in [0, 0.1) is 6.92 Å². The molecule has 5 nitrogen and oxygen atoms in total. The van der Waals surface area contributed by atoms with Crippen molar-refractivity contribution < 1.29 is 14.0 Å². The van der Waals surface area contributed by atoms with Gasteiger partial charge in [0, 0.05) is 17.5 Å². The van der Waals surface area contributed by atoms with Gasteiger partial charge in [-0.1, -0.05) is 23.7 Å². The monoisotopic (exact) mass is 320 g/mol. The summed E-state index contributed by atoms with van der Waals surface area (Å²) in [7, 11) is 0. The van der Waals surface area contributed by atoms with Crippen LogP contribution in [0.3, 0.4) is 0 Å². The summed E-state index contributed by atoms with van der Waals surface area (Å²) in [6, 6.07) is 4.82. The average molecular weight is 321 g/mol. The van der Waals surface area contributed by atoms with Crippen LogP contribution >= 0.6 is 11.6 Å². The number of aryl methyl sites for hydroxylation is 1. The number of nitrogens with zero attached hydrogens (tertiary/aromatic N) is 1. The van der Waals surface area contributed by atoms with Gasteiger partial charge >= 0.3 is 0 Å². The second kappa shape index (κ2) is 5.65. The smallest absolute Gasteiger partial charge is 0.290 e. The van der Waals surface area contributed by atoms with E-state index in [1.165, 1.54) is 4.90 Å². The van der Waals surface area contributed by atoms with Crippen LogP contribution in [0.15, 0.2) is 22.6 Å². The molecule has 1 aromatic carbocycles. The number of primary amides is 1. The van der Waals surface area contributed by atoms with Gasteiger partial charge in [-0.05, 0) is 32.3 Å². The van der Waals surface area contributed by atoms with Crippen LogP contribution in [0.25, 0.3) is 11.0 Å². The zero-order valence-electron chi connectivity index (χ0n) is 12.3. The number of para-hydroxylation sites is 1. The number of carbonyl (C=O) groups is 2. The molecule has 2 amide bonds. The van der Waals surface area contributed by atoms with Gasteiger partial charge in [0.15, 0.2) is 11.3 Å². The predicted octanol–water partition coefficient (Wildman–Crippen LogP) is 2.87. The molecule has 3 rings (SSSR count). The maximum Gasteiger partial charge on any atom is 0.290 e. The quantitative estimate of drug-likeness (QED) is 0.924. The number of halogens is 1. The molecule has 2 N–H and O–H groups in total. The summed E-state index contributed by atoms with van der Waals surface area (Å²) >= 11 is 6.12. The normalized spacial score (nSPS) is 18.6. The molecule has 0 radical (unpaired) electrons. The largest absolute Gasteiger partial charge is 0.449 e. The highest BCUT2D eigenvalue weighted by atomic mass is 35.5. The van der Waals surface area contributed by atoms with Gasteiger partial charge in [-0.15, -0.1) is 0 Å². The van der Waals surface area contributed by atoms with E-state index >= 15 is 0 Å². The first-order valence-corrected chi connectivity index (χ1v) is 7.66. The Bertz CT molecular complexity index is 753. The Morgan fingerprint density at radius 3 is 2.82 bits per heavy atom. The Kier molecular flexibility index (Phi) is 3.83. The molecule has 0 bridgehead atoms. The summed E-state index contributed by atoms with van der Waals surface area (Å²) in [5, 5.41) is 1.27. The van der Waals surface area contributed by atoms with Crippen molar-refractivity contribution in [1.29, 1.82) is 0 Å². The Morgan fingerprint density at radius 2 is 2.14 bits per heavy atom. The molecule has 6 heteroatoms. The SMILES string of the molecule is Cc1c(C(=O)N2CCCC[C@H]2C(N)=O)oc2c(Cl)cccc12. The van der Waals surface area contributed by atoms with Crippen molar-refractivity contribution in [2.75, 3.05) is 6.54 Å². The summed E-state index contributed by atoms with van der Waals surface area (Å²) in [5.41, 5.74) is 6.66. The van der Waals surface area contributed by atoms with E-state index in [0.717, 1.165) is 23.8 Å². The summed E-state index contributed by atoms with van der Waals surface area (Å²) in [6.07, 6.45) is 2.35. The zero-order chi connectivity index (χ0) is 15.9. The first-order chi connectivity index (χ1) is 10.5. The minimum absolute atomic E-state index is 0.233. The van der Waals surface area contributed by atoms with Gasteiger partial charge in [-0.2, -0.15) is 0 Å². The molecular formula is C16H17ClN2O3. The lowest BCUT2D eigenvalue weighted by molar-refractivity contribution is -0.123. The molecule has 1 aromatic heterocycles. The molecule has 0 aliphatic carbocycles. The van der Waals surface area contributed by atoms with E-state index in [9.17, 15) is 9.59 Å². The van der Waals surface area contributed by atoms with Crippen molar-refractivity contribution >= 4 is 34.4 Å². The summed E-state index contributed by atoms with van der Waals surface area (Å²) < 4.78 is 5.70. The van der Waals surface area contributed by atoms with Gasteiger partial charge < -0.3 is 15.1 Å². The van der Waals surface area contributed by atoms with Crippen LogP contribution in [0.5, 0.6) is 0 Å². The van der Waals surface area contributed by atoms with Crippen LogP contribution in [0.4, 0.5) is 0 Å². The van der Waals surface area contributed by atoms with Gasteiger partial charge in [-0.3, -0.25) is 9.59 Å². The molecule has 1 saturated heterocycles. The fourth-order valence-electron chi connectivity index (χ4n) is 3.01. The number of hydrogen-bond acceptors (Lipinski definition) is 3.